The third-order valence-electron chi connectivity index (χ3n) is 2.48. The largest absolute Gasteiger partial charge is 0.368 e. The number of carbonyl (C=O) groups is 1. The van der Waals surface area contributed by atoms with Crippen molar-refractivity contribution in [1.82, 2.24) is 5.32 Å². The van der Waals surface area contributed by atoms with Crippen molar-refractivity contribution in [2.75, 3.05) is 25.0 Å². The van der Waals surface area contributed by atoms with Gasteiger partial charge < -0.3 is 16.0 Å². The molecule has 0 saturated heterocycles. The summed E-state index contributed by atoms with van der Waals surface area (Å²) in [6, 6.07) is 6.05. The van der Waals surface area contributed by atoms with E-state index in [1.165, 1.54) is 0 Å². The lowest BCUT2D eigenvalue weighted by Gasteiger charge is -2.24. The standard InChI is InChI=1S/C12H18BrN3O/c1-3-16(8-12(14)17)11-6-10(13)5-4-9(11)7-15-2/h4-6,15H,3,7-8H2,1-2H3,(H2,14,17). The van der Waals surface area contributed by atoms with Crippen molar-refractivity contribution in [2.45, 2.75) is 13.5 Å². The van der Waals surface area contributed by atoms with Crippen LogP contribution in [0.1, 0.15) is 12.5 Å². The fourth-order valence-electron chi connectivity index (χ4n) is 1.73. The quantitative estimate of drug-likeness (QED) is 0.836. The second kappa shape index (κ2) is 6.61. The van der Waals surface area contributed by atoms with Crippen molar-refractivity contribution in [2.24, 2.45) is 5.73 Å². The number of rotatable bonds is 6. The van der Waals surface area contributed by atoms with Crippen molar-refractivity contribution < 1.29 is 4.79 Å². The lowest BCUT2D eigenvalue weighted by atomic mass is 10.1. The van der Waals surface area contributed by atoms with Crippen LogP contribution in [0.3, 0.4) is 0 Å². The first kappa shape index (κ1) is 14.0. The SMILES string of the molecule is CCN(CC(N)=O)c1cc(Br)ccc1CNC. The first-order valence-electron chi connectivity index (χ1n) is 5.54. The lowest BCUT2D eigenvalue weighted by Crippen LogP contribution is -2.34. The highest BCUT2D eigenvalue weighted by Gasteiger charge is 2.12. The molecular formula is C12H18BrN3O. The summed E-state index contributed by atoms with van der Waals surface area (Å²) >= 11 is 3.45. The maximum absolute atomic E-state index is 11.0. The molecule has 0 radical (unpaired) electrons. The number of carbonyl (C=O) groups excluding carboxylic acids is 1. The lowest BCUT2D eigenvalue weighted by molar-refractivity contribution is -0.116. The van der Waals surface area contributed by atoms with Gasteiger partial charge in [-0.25, -0.2) is 0 Å². The molecule has 0 aliphatic carbocycles. The van der Waals surface area contributed by atoms with Gasteiger partial charge in [0.25, 0.3) is 0 Å². The average Bonchev–Trinajstić information content (AvgIpc) is 2.28. The summed E-state index contributed by atoms with van der Waals surface area (Å²) in [4.78, 5) is 13.0. The van der Waals surface area contributed by atoms with Crippen molar-refractivity contribution >= 4 is 27.5 Å². The first-order valence-corrected chi connectivity index (χ1v) is 6.34. The number of likely N-dealkylation sites (N-methyl/N-ethyl adjacent to an activating group) is 1. The van der Waals surface area contributed by atoms with Crippen LogP contribution in [0.4, 0.5) is 5.69 Å². The highest BCUT2D eigenvalue weighted by molar-refractivity contribution is 9.10. The van der Waals surface area contributed by atoms with Gasteiger partial charge in [0, 0.05) is 23.2 Å². The number of nitrogens with zero attached hydrogens (tertiary/aromatic N) is 1. The van der Waals surface area contributed by atoms with Crippen LogP contribution in [0, 0.1) is 0 Å². The van der Waals surface area contributed by atoms with E-state index in [4.69, 9.17) is 5.73 Å². The Kier molecular flexibility index (Phi) is 5.44. The number of amides is 1. The van der Waals surface area contributed by atoms with Crippen molar-refractivity contribution in [3.05, 3.63) is 28.2 Å². The summed E-state index contributed by atoms with van der Waals surface area (Å²) in [6.45, 7) is 3.75. The van der Waals surface area contributed by atoms with E-state index in [9.17, 15) is 4.79 Å². The Morgan fingerprint density at radius 3 is 2.76 bits per heavy atom. The van der Waals surface area contributed by atoms with E-state index in [1.54, 1.807) is 0 Å². The Labute approximate surface area is 110 Å². The van der Waals surface area contributed by atoms with Gasteiger partial charge in [0.1, 0.15) is 0 Å². The Hall–Kier alpha value is -1.07. The zero-order valence-electron chi connectivity index (χ0n) is 10.2. The molecule has 0 spiro atoms. The number of anilines is 1. The minimum Gasteiger partial charge on any atom is -0.368 e. The van der Waals surface area contributed by atoms with Gasteiger partial charge in [-0.05, 0) is 31.7 Å². The zero-order chi connectivity index (χ0) is 12.8. The van der Waals surface area contributed by atoms with Crippen LogP contribution in [0.15, 0.2) is 22.7 Å². The van der Waals surface area contributed by atoms with E-state index in [1.807, 2.05) is 37.1 Å². The maximum atomic E-state index is 11.0. The Bertz CT molecular complexity index is 395. The van der Waals surface area contributed by atoms with E-state index in [-0.39, 0.29) is 12.5 Å². The monoisotopic (exact) mass is 299 g/mol. The molecule has 0 saturated carbocycles. The Morgan fingerprint density at radius 1 is 1.53 bits per heavy atom. The minimum absolute atomic E-state index is 0.240. The molecule has 0 fully saturated rings. The molecule has 1 rings (SSSR count). The highest BCUT2D eigenvalue weighted by Crippen LogP contribution is 2.25. The molecule has 1 amide bonds. The fraction of sp³-hybridized carbons (Fsp3) is 0.417. The van der Waals surface area contributed by atoms with E-state index in [0.29, 0.717) is 0 Å². The summed E-state index contributed by atoms with van der Waals surface area (Å²) in [6.07, 6.45) is 0. The molecule has 0 bridgehead atoms. The topological polar surface area (TPSA) is 58.4 Å². The summed E-state index contributed by atoms with van der Waals surface area (Å²) < 4.78 is 0.996. The predicted molar refractivity (Wildman–Crippen MR) is 74.0 cm³/mol. The molecule has 5 heteroatoms. The second-order valence-corrected chi connectivity index (χ2v) is 4.70. The summed E-state index contributed by atoms with van der Waals surface area (Å²) in [7, 11) is 1.90. The number of nitrogens with one attached hydrogen (secondary N) is 1. The smallest absolute Gasteiger partial charge is 0.236 e. The molecule has 0 atom stereocenters. The van der Waals surface area contributed by atoms with Gasteiger partial charge in [0.15, 0.2) is 0 Å². The number of benzene rings is 1. The molecule has 4 nitrogen and oxygen atoms in total. The molecule has 0 aliphatic heterocycles. The summed E-state index contributed by atoms with van der Waals surface area (Å²) in [5.74, 6) is -0.317. The van der Waals surface area contributed by atoms with E-state index < -0.39 is 0 Å². The average molecular weight is 300 g/mol. The number of halogens is 1. The number of hydrogen-bond acceptors (Lipinski definition) is 3. The Morgan fingerprint density at radius 2 is 2.24 bits per heavy atom. The number of nitrogens with two attached hydrogens (primary N) is 1. The third-order valence-corrected chi connectivity index (χ3v) is 2.98. The van der Waals surface area contributed by atoms with Gasteiger partial charge in [-0.2, -0.15) is 0 Å². The summed E-state index contributed by atoms with van der Waals surface area (Å²) in [5, 5.41) is 3.12. The molecule has 3 N–H and O–H groups in total. The van der Waals surface area contributed by atoms with Crippen LogP contribution in [-0.4, -0.2) is 26.0 Å². The maximum Gasteiger partial charge on any atom is 0.236 e. The molecule has 0 aliphatic rings. The third kappa shape index (κ3) is 4.02. The zero-order valence-corrected chi connectivity index (χ0v) is 11.8. The van der Waals surface area contributed by atoms with E-state index >= 15 is 0 Å². The van der Waals surface area contributed by atoms with Crippen LogP contribution in [0.5, 0.6) is 0 Å². The molecule has 0 aromatic heterocycles. The molecule has 0 heterocycles. The van der Waals surface area contributed by atoms with Gasteiger partial charge in [-0.15, -0.1) is 0 Å². The van der Waals surface area contributed by atoms with E-state index in [2.05, 4.69) is 21.2 Å². The fourth-order valence-corrected chi connectivity index (χ4v) is 2.08. The molecule has 1 aromatic carbocycles. The molecule has 94 valence electrons. The van der Waals surface area contributed by atoms with Crippen LogP contribution >= 0.6 is 15.9 Å². The number of hydrogen-bond donors (Lipinski definition) is 2. The van der Waals surface area contributed by atoms with Gasteiger partial charge >= 0.3 is 0 Å². The molecule has 17 heavy (non-hydrogen) atoms. The van der Waals surface area contributed by atoms with Gasteiger partial charge in [-0.1, -0.05) is 22.0 Å². The normalized spacial score (nSPS) is 10.3. The minimum atomic E-state index is -0.317. The van der Waals surface area contributed by atoms with Gasteiger partial charge in [-0.3, -0.25) is 4.79 Å². The van der Waals surface area contributed by atoms with Crippen molar-refractivity contribution in [3.63, 3.8) is 0 Å². The van der Waals surface area contributed by atoms with Crippen LogP contribution in [-0.2, 0) is 11.3 Å². The van der Waals surface area contributed by atoms with Gasteiger partial charge in [0.2, 0.25) is 5.91 Å². The summed E-state index contributed by atoms with van der Waals surface area (Å²) in [5.41, 5.74) is 7.45. The Balaban J connectivity index is 3.06. The molecule has 1 aromatic rings. The molecular weight excluding hydrogens is 282 g/mol. The van der Waals surface area contributed by atoms with E-state index in [0.717, 1.165) is 28.8 Å². The first-order chi connectivity index (χ1) is 8.08. The van der Waals surface area contributed by atoms with Crippen LogP contribution in [0.25, 0.3) is 0 Å². The molecule has 0 unspecified atom stereocenters. The van der Waals surface area contributed by atoms with Crippen molar-refractivity contribution in [3.8, 4) is 0 Å². The van der Waals surface area contributed by atoms with Crippen LogP contribution in [0.2, 0.25) is 0 Å². The second-order valence-electron chi connectivity index (χ2n) is 3.78. The predicted octanol–water partition coefficient (Wildman–Crippen LogP) is 1.48. The number of primary amides is 1. The van der Waals surface area contributed by atoms with Gasteiger partial charge in [0.05, 0.1) is 6.54 Å². The highest BCUT2D eigenvalue weighted by atomic mass is 79.9. The van der Waals surface area contributed by atoms with Crippen LogP contribution < -0.4 is 16.0 Å². The van der Waals surface area contributed by atoms with Crippen molar-refractivity contribution in [1.29, 1.82) is 0 Å².